The highest BCUT2D eigenvalue weighted by molar-refractivity contribution is 7.90. The summed E-state index contributed by atoms with van der Waals surface area (Å²) in [6.07, 6.45) is 1.10. The van der Waals surface area contributed by atoms with Crippen molar-refractivity contribution in [3.8, 4) is 0 Å². The molecule has 2 rings (SSSR count). The van der Waals surface area contributed by atoms with Gasteiger partial charge in [-0.15, -0.1) is 0 Å². The van der Waals surface area contributed by atoms with Gasteiger partial charge in [0.15, 0.2) is 9.84 Å². The first-order chi connectivity index (χ1) is 11.7. The molecule has 0 heterocycles. The second-order valence-corrected chi connectivity index (χ2v) is 7.67. The van der Waals surface area contributed by atoms with Gasteiger partial charge >= 0.3 is 5.97 Å². The van der Waals surface area contributed by atoms with Crippen LogP contribution < -0.4 is 0 Å². The third-order valence-electron chi connectivity index (χ3n) is 3.65. The molecule has 2 aromatic rings. The average molecular weight is 361 g/mol. The van der Waals surface area contributed by atoms with Gasteiger partial charge in [0.25, 0.3) is 5.91 Å². The number of esters is 1. The summed E-state index contributed by atoms with van der Waals surface area (Å²) < 4.78 is 27.9. The molecule has 0 N–H and O–H groups in total. The molecule has 2 aromatic carbocycles. The minimum atomic E-state index is -3.37. The Kier molecular flexibility index (Phi) is 5.58. The maximum atomic E-state index is 12.5. The summed E-state index contributed by atoms with van der Waals surface area (Å²) in [4.78, 5) is 25.5. The van der Waals surface area contributed by atoms with Crippen molar-refractivity contribution in [3.63, 3.8) is 0 Å². The van der Waals surface area contributed by atoms with Gasteiger partial charge in [0, 0.05) is 25.4 Å². The van der Waals surface area contributed by atoms with Gasteiger partial charge in [-0.1, -0.05) is 18.2 Å². The third-order valence-corrected chi connectivity index (χ3v) is 4.76. The number of rotatable bonds is 5. The highest BCUT2D eigenvalue weighted by atomic mass is 32.2. The Morgan fingerprint density at radius 1 is 1.04 bits per heavy atom. The van der Waals surface area contributed by atoms with E-state index >= 15 is 0 Å². The number of carbonyl (C=O) groups is 2. The molecule has 0 aliphatic heterocycles. The molecule has 6 nitrogen and oxygen atoms in total. The molecule has 1 amide bonds. The molecule has 0 atom stereocenters. The van der Waals surface area contributed by atoms with Crippen LogP contribution in [0, 0.1) is 0 Å². The van der Waals surface area contributed by atoms with E-state index in [0.717, 1.165) is 11.8 Å². The van der Waals surface area contributed by atoms with Crippen molar-refractivity contribution in [2.45, 2.75) is 11.4 Å². The number of sulfone groups is 1. The van der Waals surface area contributed by atoms with E-state index in [1.807, 2.05) is 0 Å². The SMILES string of the molecule is COC(=O)c1ccc(CN(C)C(=O)c2cccc(S(C)(=O)=O)c2)cc1. The smallest absolute Gasteiger partial charge is 0.337 e. The number of benzene rings is 2. The summed E-state index contributed by atoms with van der Waals surface area (Å²) in [5.41, 5.74) is 1.57. The fourth-order valence-electron chi connectivity index (χ4n) is 2.29. The van der Waals surface area contributed by atoms with E-state index in [1.54, 1.807) is 43.4 Å². The Labute approximate surface area is 146 Å². The van der Waals surface area contributed by atoms with Crippen LogP contribution in [-0.4, -0.2) is 45.6 Å². The molecule has 0 spiro atoms. The maximum Gasteiger partial charge on any atom is 0.337 e. The normalized spacial score (nSPS) is 11.0. The lowest BCUT2D eigenvalue weighted by Gasteiger charge is -2.18. The molecule has 0 aromatic heterocycles. The summed E-state index contributed by atoms with van der Waals surface area (Å²) in [5.74, 6) is -0.712. The Morgan fingerprint density at radius 3 is 2.24 bits per heavy atom. The lowest BCUT2D eigenvalue weighted by molar-refractivity contribution is 0.0600. The van der Waals surface area contributed by atoms with Crippen LogP contribution in [0.3, 0.4) is 0 Å². The Balaban J connectivity index is 2.14. The third kappa shape index (κ3) is 4.67. The maximum absolute atomic E-state index is 12.5. The summed E-state index contributed by atoms with van der Waals surface area (Å²) in [6, 6.07) is 12.7. The second-order valence-electron chi connectivity index (χ2n) is 5.65. The molecule has 0 saturated heterocycles. The largest absolute Gasteiger partial charge is 0.465 e. The van der Waals surface area contributed by atoms with Gasteiger partial charge in [-0.2, -0.15) is 0 Å². The Morgan fingerprint density at radius 2 is 1.68 bits per heavy atom. The monoisotopic (exact) mass is 361 g/mol. The topological polar surface area (TPSA) is 80.8 Å². The molecule has 0 unspecified atom stereocenters. The number of hydrogen-bond acceptors (Lipinski definition) is 5. The first-order valence-corrected chi connectivity index (χ1v) is 9.34. The van der Waals surface area contributed by atoms with E-state index in [2.05, 4.69) is 4.74 Å². The quantitative estimate of drug-likeness (QED) is 0.762. The van der Waals surface area contributed by atoms with Crippen molar-refractivity contribution in [1.82, 2.24) is 4.90 Å². The highest BCUT2D eigenvalue weighted by Gasteiger charge is 2.15. The van der Waals surface area contributed by atoms with E-state index in [-0.39, 0.29) is 10.8 Å². The number of amides is 1. The summed E-state index contributed by atoms with van der Waals surface area (Å²) in [6.45, 7) is 0.323. The van der Waals surface area contributed by atoms with Crippen molar-refractivity contribution >= 4 is 21.7 Å². The van der Waals surface area contributed by atoms with E-state index < -0.39 is 15.8 Å². The predicted octanol–water partition coefficient (Wildman–Crippen LogP) is 2.15. The van der Waals surface area contributed by atoms with E-state index in [0.29, 0.717) is 17.7 Å². The van der Waals surface area contributed by atoms with Crippen LogP contribution in [0.2, 0.25) is 0 Å². The molecular formula is C18H19NO5S. The van der Waals surface area contributed by atoms with Gasteiger partial charge in [-0.05, 0) is 35.9 Å². The molecule has 0 saturated carbocycles. The standard InChI is InChI=1S/C18H19NO5S/c1-19(12-13-7-9-14(10-8-13)18(21)24-2)17(20)15-5-4-6-16(11-15)25(3,22)23/h4-11H,12H2,1-3H3. The van der Waals surface area contributed by atoms with Crippen molar-refractivity contribution in [3.05, 3.63) is 65.2 Å². The van der Waals surface area contributed by atoms with E-state index in [4.69, 9.17) is 0 Å². The lowest BCUT2D eigenvalue weighted by Crippen LogP contribution is -2.26. The van der Waals surface area contributed by atoms with Crippen molar-refractivity contribution in [2.75, 3.05) is 20.4 Å². The molecule has 0 fully saturated rings. The number of hydrogen-bond donors (Lipinski definition) is 0. The predicted molar refractivity (Wildman–Crippen MR) is 93.1 cm³/mol. The van der Waals surface area contributed by atoms with Gasteiger partial charge in [0.2, 0.25) is 0 Å². The van der Waals surface area contributed by atoms with Crippen LogP contribution in [0.5, 0.6) is 0 Å². The minimum Gasteiger partial charge on any atom is -0.465 e. The molecular weight excluding hydrogens is 342 g/mol. The van der Waals surface area contributed by atoms with Crippen LogP contribution >= 0.6 is 0 Å². The number of ether oxygens (including phenoxy) is 1. The van der Waals surface area contributed by atoms with Crippen LogP contribution in [0.15, 0.2) is 53.4 Å². The first kappa shape index (κ1) is 18.7. The fraction of sp³-hybridized carbons (Fsp3) is 0.222. The summed E-state index contributed by atoms with van der Waals surface area (Å²) in [5, 5.41) is 0. The zero-order valence-electron chi connectivity index (χ0n) is 14.2. The molecule has 132 valence electrons. The molecule has 7 heteroatoms. The molecule has 0 aliphatic rings. The summed E-state index contributed by atoms with van der Waals surface area (Å²) >= 11 is 0. The van der Waals surface area contributed by atoms with Crippen LogP contribution in [-0.2, 0) is 21.1 Å². The van der Waals surface area contributed by atoms with Crippen molar-refractivity contribution < 1.29 is 22.7 Å². The minimum absolute atomic E-state index is 0.106. The fourth-order valence-corrected chi connectivity index (χ4v) is 2.96. The van der Waals surface area contributed by atoms with Gasteiger partial charge in [0.05, 0.1) is 17.6 Å². The Bertz CT molecular complexity index is 888. The van der Waals surface area contributed by atoms with Gasteiger partial charge in [-0.3, -0.25) is 4.79 Å². The van der Waals surface area contributed by atoms with Gasteiger partial charge in [-0.25, -0.2) is 13.2 Å². The van der Waals surface area contributed by atoms with E-state index in [1.165, 1.54) is 24.1 Å². The lowest BCUT2D eigenvalue weighted by atomic mass is 10.1. The van der Waals surface area contributed by atoms with Crippen LogP contribution in [0.25, 0.3) is 0 Å². The summed E-state index contributed by atoms with van der Waals surface area (Å²) in [7, 11) is -0.432. The first-order valence-electron chi connectivity index (χ1n) is 7.45. The van der Waals surface area contributed by atoms with Crippen LogP contribution in [0.4, 0.5) is 0 Å². The van der Waals surface area contributed by atoms with Crippen molar-refractivity contribution in [1.29, 1.82) is 0 Å². The van der Waals surface area contributed by atoms with Crippen molar-refractivity contribution in [2.24, 2.45) is 0 Å². The number of nitrogens with zero attached hydrogens (tertiary/aromatic N) is 1. The molecule has 0 aliphatic carbocycles. The molecule has 0 radical (unpaired) electrons. The van der Waals surface area contributed by atoms with E-state index in [9.17, 15) is 18.0 Å². The number of methoxy groups -OCH3 is 1. The Hall–Kier alpha value is -2.67. The van der Waals surface area contributed by atoms with Crippen LogP contribution in [0.1, 0.15) is 26.3 Å². The number of carbonyl (C=O) groups excluding carboxylic acids is 2. The molecule has 0 bridgehead atoms. The zero-order chi connectivity index (χ0) is 18.6. The van der Waals surface area contributed by atoms with Gasteiger partial charge < -0.3 is 9.64 Å². The second kappa shape index (κ2) is 7.48. The zero-order valence-corrected chi connectivity index (χ0v) is 15.0. The van der Waals surface area contributed by atoms with Gasteiger partial charge in [0.1, 0.15) is 0 Å². The highest BCUT2D eigenvalue weighted by Crippen LogP contribution is 2.14. The molecule has 25 heavy (non-hydrogen) atoms. The average Bonchev–Trinajstić information content (AvgIpc) is 2.60.